The molecule has 1 aliphatic heterocycles. The van der Waals surface area contributed by atoms with Gasteiger partial charge < -0.3 is 53.3 Å². The van der Waals surface area contributed by atoms with Gasteiger partial charge in [-0.3, -0.25) is 43.2 Å². The predicted octanol–water partition coefficient (Wildman–Crippen LogP) is -1.48. The lowest BCUT2D eigenvalue weighted by Gasteiger charge is -2.47. The second kappa shape index (κ2) is 20.6. The second-order valence-electron chi connectivity index (χ2n) is 11.0. The Balaban J connectivity index is 4.07. The van der Waals surface area contributed by atoms with Gasteiger partial charge in [-0.1, -0.05) is 0 Å². The van der Waals surface area contributed by atoms with E-state index < -0.39 is 128 Å². The highest BCUT2D eigenvalue weighted by molar-refractivity contribution is 5.74. The Kier molecular flexibility index (Phi) is 17.8. The van der Waals surface area contributed by atoms with Crippen LogP contribution in [0.5, 0.6) is 0 Å². The summed E-state index contributed by atoms with van der Waals surface area (Å²) in [5.74, 6) is -7.57. The van der Waals surface area contributed by atoms with E-state index in [0.29, 0.717) is 0 Å². The van der Waals surface area contributed by atoms with Crippen LogP contribution >= 0.6 is 0 Å². The summed E-state index contributed by atoms with van der Waals surface area (Å²) < 4.78 is 49.4. The van der Waals surface area contributed by atoms with Gasteiger partial charge in [0.25, 0.3) is 0 Å². The van der Waals surface area contributed by atoms with Crippen LogP contribution in [0.25, 0.3) is 0 Å². The van der Waals surface area contributed by atoms with Crippen molar-refractivity contribution in [3.05, 3.63) is 0 Å². The number of carbonyl (C=O) groups is 9. The van der Waals surface area contributed by atoms with Crippen LogP contribution in [0.2, 0.25) is 0 Å². The molecule has 1 fully saturated rings. The number of ether oxygens (including phenoxy) is 9. The molecule has 9 atom stereocenters. The van der Waals surface area contributed by atoms with Crippen molar-refractivity contribution < 1.29 is 85.8 Å². The minimum absolute atomic E-state index is 0.610. The Bertz CT molecular complexity index is 1270. The zero-order chi connectivity index (χ0) is 38.3. The molecule has 1 rings (SSSR count). The van der Waals surface area contributed by atoms with Gasteiger partial charge in [0.15, 0.2) is 30.7 Å². The minimum Gasteiger partial charge on any atom is -0.464 e. The lowest BCUT2D eigenvalue weighted by molar-refractivity contribution is -0.301. The van der Waals surface area contributed by atoms with Crippen molar-refractivity contribution >= 4 is 53.6 Å². The summed E-state index contributed by atoms with van der Waals surface area (Å²) in [5, 5.41) is 4.98. The molecular weight excluding hydrogens is 676 g/mol. The van der Waals surface area contributed by atoms with E-state index in [0.717, 1.165) is 62.3 Å². The van der Waals surface area contributed by atoms with Gasteiger partial charge in [0.05, 0.1) is 6.04 Å². The molecule has 2 N–H and O–H groups in total. The number of hydrogen-bond donors (Lipinski definition) is 2. The maximum atomic E-state index is 12.5. The molecule has 20 heteroatoms. The van der Waals surface area contributed by atoms with E-state index in [1.165, 1.54) is 0 Å². The molecule has 1 aliphatic rings. The van der Waals surface area contributed by atoms with Gasteiger partial charge in [-0.15, -0.1) is 0 Å². The first kappa shape index (κ1) is 43.2. The van der Waals surface area contributed by atoms with Crippen LogP contribution in [0.3, 0.4) is 0 Å². The molecule has 0 aromatic carbocycles. The predicted molar refractivity (Wildman–Crippen MR) is 161 cm³/mol. The van der Waals surface area contributed by atoms with Gasteiger partial charge >= 0.3 is 41.8 Å². The standard InChI is InChI=1S/C30H44N2O18/c1-13(33)31-22(10-42-15(3)35)26(27(46-19(7)39)23(45-18(6)38)11-43-16(4)36)50-30-25(32-14(2)34)29(48-21(9)41)28(47-20(8)40)24(49-30)12-44-17(5)37/h22-30H,10-12H2,1-9H3,(H,31,33)(H,32,34)/t22-,23+,24+,25+,26+,27+,28-,29+,30+/m0/s1. The van der Waals surface area contributed by atoms with Gasteiger partial charge in [0.2, 0.25) is 11.8 Å². The molecule has 1 saturated heterocycles. The van der Waals surface area contributed by atoms with Crippen molar-refractivity contribution in [1.82, 2.24) is 10.6 Å². The number of nitrogens with one attached hydrogen (secondary N) is 2. The second-order valence-corrected chi connectivity index (χ2v) is 11.0. The van der Waals surface area contributed by atoms with E-state index in [-0.39, 0.29) is 0 Å². The summed E-state index contributed by atoms with van der Waals surface area (Å²) in [6, 6.07) is -3.02. The van der Waals surface area contributed by atoms with Gasteiger partial charge in [-0.2, -0.15) is 0 Å². The first-order chi connectivity index (χ1) is 23.2. The molecule has 0 unspecified atom stereocenters. The lowest BCUT2D eigenvalue weighted by atomic mass is 9.95. The SMILES string of the molecule is CC(=O)N[C@H]1[C@@H](O[C@@H]([C@H](OC(C)=O)[C@@H](COC(C)=O)OC(C)=O)[C@H](COC(C)=O)NC(C)=O)O[C@H](COC(C)=O)[C@H](OC(C)=O)[C@@H]1OC(C)=O. The molecule has 282 valence electrons. The van der Waals surface area contributed by atoms with Crippen LogP contribution in [-0.4, -0.2) is 128 Å². The van der Waals surface area contributed by atoms with Crippen LogP contribution in [0.15, 0.2) is 0 Å². The Morgan fingerprint density at radius 3 is 1.56 bits per heavy atom. The van der Waals surface area contributed by atoms with Gasteiger partial charge in [0, 0.05) is 62.3 Å². The monoisotopic (exact) mass is 720 g/mol. The van der Waals surface area contributed by atoms with E-state index in [1.807, 2.05) is 0 Å². The summed E-state index contributed by atoms with van der Waals surface area (Å²) in [6.45, 7) is 7.41. The van der Waals surface area contributed by atoms with E-state index >= 15 is 0 Å². The quantitative estimate of drug-likeness (QED) is 0.128. The summed E-state index contributed by atoms with van der Waals surface area (Å²) >= 11 is 0. The molecule has 0 bridgehead atoms. The molecule has 20 nitrogen and oxygen atoms in total. The summed E-state index contributed by atoms with van der Waals surface area (Å²) in [6.07, 6.45) is -11.6. The lowest BCUT2D eigenvalue weighted by Crippen LogP contribution is -2.68. The van der Waals surface area contributed by atoms with Crippen molar-refractivity contribution in [3.63, 3.8) is 0 Å². The first-order valence-electron chi connectivity index (χ1n) is 15.2. The average molecular weight is 721 g/mol. The number of carbonyl (C=O) groups excluding carboxylic acids is 9. The fraction of sp³-hybridized carbons (Fsp3) is 0.700. The van der Waals surface area contributed by atoms with E-state index in [2.05, 4.69) is 10.6 Å². The Morgan fingerprint density at radius 1 is 0.580 bits per heavy atom. The van der Waals surface area contributed by atoms with Crippen LogP contribution in [0.4, 0.5) is 0 Å². The van der Waals surface area contributed by atoms with Crippen LogP contribution in [0.1, 0.15) is 62.3 Å². The molecule has 0 aromatic rings. The molecule has 0 saturated carbocycles. The van der Waals surface area contributed by atoms with Gasteiger partial charge in [-0.25, -0.2) is 0 Å². The largest absolute Gasteiger partial charge is 0.464 e. The van der Waals surface area contributed by atoms with Crippen molar-refractivity contribution in [1.29, 1.82) is 0 Å². The topological polar surface area (TPSA) is 261 Å². The Labute approximate surface area is 287 Å². The molecule has 0 aliphatic carbocycles. The third-order valence-electron chi connectivity index (χ3n) is 6.37. The normalized spacial score (nSPS) is 22.1. The Morgan fingerprint density at radius 2 is 1.10 bits per heavy atom. The van der Waals surface area contributed by atoms with Crippen LogP contribution in [-0.2, 0) is 85.8 Å². The van der Waals surface area contributed by atoms with E-state index in [9.17, 15) is 43.2 Å². The molecule has 0 aromatic heterocycles. The fourth-order valence-electron chi connectivity index (χ4n) is 4.80. The molecule has 0 radical (unpaired) electrons. The first-order valence-corrected chi connectivity index (χ1v) is 15.2. The van der Waals surface area contributed by atoms with Gasteiger partial charge in [0.1, 0.15) is 38.1 Å². The maximum Gasteiger partial charge on any atom is 0.303 e. The zero-order valence-corrected chi connectivity index (χ0v) is 29.2. The van der Waals surface area contributed by atoms with Crippen molar-refractivity contribution in [3.8, 4) is 0 Å². The van der Waals surface area contributed by atoms with Crippen LogP contribution in [0, 0.1) is 0 Å². The average Bonchev–Trinajstić information content (AvgIpc) is 2.95. The third kappa shape index (κ3) is 15.6. The summed E-state index contributed by atoms with van der Waals surface area (Å²) in [7, 11) is 0. The number of esters is 7. The van der Waals surface area contributed by atoms with E-state index in [1.54, 1.807) is 0 Å². The van der Waals surface area contributed by atoms with E-state index in [4.69, 9.17) is 42.6 Å². The maximum absolute atomic E-state index is 12.5. The number of rotatable bonds is 17. The molecule has 50 heavy (non-hydrogen) atoms. The molecule has 1 heterocycles. The molecule has 0 spiro atoms. The third-order valence-corrected chi connectivity index (χ3v) is 6.37. The number of hydrogen-bond acceptors (Lipinski definition) is 18. The summed E-state index contributed by atoms with van der Waals surface area (Å²) in [4.78, 5) is 109. The molecular formula is C30H44N2O18. The van der Waals surface area contributed by atoms with Crippen molar-refractivity contribution in [2.75, 3.05) is 19.8 Å². The summed E-state index contributed by atoms with van der Waals surface area (Å²) in [5.41, 5.74) is 0. The van der Waals surface area contributed by atoms with Gasteiger partial charge in [-0.05, 0) is 0 Å². The molecule has 2 amide bonds. The zero-order valence-electron chi connectivity index (χ0n) is 29.2. The minimum atomic E-state index is -1.82. The smallest absolute Gasteiger partial charge is 0.303 e. The Hall–Kier alpha value is -4.85. The number of amides is 2. The van der Waals surface area contributed by atoms with Crippen LogP contribution < -0.4 is 10.6 Å². The highest BCUT2D eigenvalue weighted by Crippen LogP contribution is 2.31. The fourth-order valence-corrected chi connectivity index (χ4v) is 4.80. The van der Waals surface area contributed by atoms with Crippen molar-refractivity contribution in [2.24, 2.45) is 0 Å². The highest BCUT2D eigenvalue weighted by Gasteiger charge is 2.54. The van der Waals surface area contributed by atoms with Crippen molar-refractivity contribution in [2.45, 2.75) is 117 Å². The highest BCUT2D eigenvalue weighted by atomic mass is 16.7.